The van der Waals surface area contributed by atoms with Crippen LogP contribution in [0.15, 0.2) is 35.5 Å². The Bertz CT molecular complexity index is 480. The summed E-state index contributed by atoms with van der Waals surface area (Å²) in [7, 11) is 0. The number of ether oxygens (including phenoxy) is 1. The molecule has 0 aliphatic carbocycles. The van der Waals surface area contributed by atoms with Gasteiger partial charge in [0.2, 0.25) is 0 Å². The minimum Gasteiger partial charge on any atom is -0.459 e. The standard InChI is InChI=1S/C21H34O2/c1-16-9-7-10-17(2)15-18(3)11-8-12-19(4)21(5,6)23-20(22)14-13-16/h8-9,12,15,18-19H,7,10-11,13-14H2,1-6H3/b12-8+,16-9+,17-15+/t18-,19-/m1/s1. The third kappa shape index (κ3) is 7.67. The summed E-state index contributed by atoms with van der Waals surface area (Å²) in [6.45, 7) is 12.7. The molecule has 23 heavy (non-hydrogen) atoms. The van der Waals surface area contributed by atoms with Crippen LogP contribution >= 0.6 is 0 Å². The summed E-state index contributed by atoms with van der Waals surface area (Å²) in [6.07, 6.45) is 13.5. The molecule has 1 aliphatic rings. The second-order valence-corrected chi connectivity index (χ2v) is 7.61. The molecule has 130 valence electrons. The minimum atomic E-state index is -0.461. The molecule has 0 aromatic heterocycles. The fourth-order valence-corrected chi connectivity index (χ4v) is 2.75. The summed E-state index contributed by atoms with van der Waals surface area (Å²) in [5.74, 6) is 0.648. The fraction of sp³-hybridized carbons (Fsp3) is 0.667. The normalized spacial score (nSPS) is 33.7. The lowest BCUT2D eigenvalue weighted by atomic mass is 9.91. The molecule has 1 heterocycles. The number of hydrogen-bond acceptors (Lipinski definition) is 2. The van der Waals surface area contributed by atoms with E-state index in [1.807, 2.05) is 13.8 Å². The Morgan fingerprint density at radius 1 is 1.09 bits per heavy atom. The predicted molar refractivity (Wildman–Crippen MR) is 98.2 cm³/mol. The highest BCUT2D eigenvalue weighted by Crippen LogP contribution is 2.25. The molecule has 0 unspecified atom stereocenters. The van der Waals surface area contributed by atoms with Gasteiger partial charge in [0.15, 0.2) is 0 Å². The molecule has 0 fully saturated rings. The van der Waals surface area contributed by atoms with Gasteiger partial charge in [-0.05, 0) is 59.3 Å². The lowest BCUT2D eigenvalue weighted by Gasteiger charge is -2.30. The number of cyclic esters (lactones) is 1. The Morgan fingerprint density at radius 2 is 1.78 bits per heavy atom. The first-order chi connectivity index (χ1) is 10.7. The molecule has 0 aromatic rings. The molecular formula is C21H34O2. The van der Waals surface area contributed by atoms with Crippen molar-refractivity contribution in [1.29, 1.82) is 0 Å². The summed E-state index contributed by atoms with van der Waals surface area (Å²) >= 11 is 0. The first-order valence-corrected chi connectivity index (χ1v) is 8.92. The zero-order chi connectivity index (χ0) is 17.5. The van der Waals surface area contributed by atoms with Crippen LogP contribution in [0.5, 0.6) is 0 Å². The molecule has 0 saturated carbocycles. The first kappa shape index (κ1) is 19.7. The van der Waals surface area contributed by atoms with Crippen LogP contribution in [0.3, 0.4) is 0 Å². The SMILES string of the molecule is C/C1=C\[C@H](C)C/C=C/[C@@H](C)C(C)(C)OC(=O)CC/C(C)=C/CC1. The molecule has 0 amide bonds. The lowest BCUT2D eigenvalue weighted by molar-refractivity contribution is -0.159. The molecular weight excluding hydrogens is 284 g/mol. The van der Waals surface area contributed by atoms with Crippen molar-refractivity contribution in [2.45, 2.75) is 79.2 Å². The van der Waals surface area contributed by atoms with Crippen molar-refractivity contribution < 1.29 is 9.53 Å². The van der Waals surface area contributed by atoms with Gasteiger partial charge in [-0.2, -0.15) is 0 Å². The third-order valence-electron chi connectivity index (χ3n) is 4.73. The maximum Gasteiger partial charge on any atom is 0.306 e. The monoisotopic (exact) mass is 318 g/mol. The highest BCUT2D eigenvalue weighted by atomic mass is 16.6. The summed E-state index contributed by atoms with van der Waals surface area (Å²) in [5.41, 5.74) is 2.27. The summed E-state index contributed by atoms with van der Waals surface area (Å²) < 4.78 is 5.71. The molecule has 1 aliphatic heterocycles. The van der Waals surface area contributed by atoms with Crippen LogP contribution in [0, 0.1) is 11.8 Å². The predicted octanol–water partition coefficient (Wildman–Crippen LogP) is 5.99. The van der Waals surface area contributed by atoms with Crippen molar-refractivity contribution in [2.75, 3.05) is 0 Å². The highest BCUT2D eigenvalue weighted by molar-refractivity contribution is 5.70. The van der Waals surface area contributed by atoms with Gasteiger partial charge in [-0.1, -0.05) is 49.3 Å². The Morgan fingerprint density at radius 3 is 2.48 bits per heavy atom. The first-order valence-electron chi connectivity index (χ1n) is 8.92. The van der Waals surface area contributed by atoms with E-state index in [1.165, 1.54) is 11.1 Å². The van der Waals surface area contributed by atoms with Crippen molar-refractivity contribution in [3.63, 3.8) is 0 Å². The largest absolute Gasteiger partial charge is 0.459 e. The van der Waals surface area contributed by atoms with Gasteiger partial charge in [0.25, 0.3) is 0 Å². The van der Waals surface area contributed by atoms with Gasteiger partial charge in [-0.15, -0.1) is 0 Å². The van der Waals surface area contributed by atoms with E-state index in [1.54, 1.807) is 0 Å². The maximum absolute atomic E-state index is 12.1. The van der Waals surface area contributed by atoms with Gasteiger partial charge in [-0.25, -0.2) is 0 Å². The molecule has 0 aromatic carbocycles. The average molecular weight is 319 g/mol. The quantitative estimate of drug-likeness (QED) is 0.405. The fourth-order valence-electron chi connectivity index (χ4n) is 2.75. The van der Waals surface area contributed by atoms with Crippen molar-refractivity contribution in [2.24, 2.45) is 11.8 Å². The van der Waals surface area contributed by atoms with Crippen molar-refractivity contribution in [1.82, 2.24) is 0 Å². The Hall–Kier alpha value is -1.31. The minimum absolute atomic E-state index is 0.0976. The van der Waals surface area contributed by atoms with E-state index in [0.717, 1.165) is 25.7 Å². The number of esters is 1. The molecule has 0 spiro atoms. The smallest absolute Gasteiger partial charge is 0.306 e. The highest BCUT2D eigenvalue weighted by Gasteiger charge is 2.28. The average Bonchev–Trinajstić information content (AvgIpc) is 2.43. The Kier molecular flexibility index (Phi) is 7.81. The zero-order valence-corrected chi connectivity index (χ0v) is 15.8. The van der Waals surface area contributed by atoms with Gasteiger partial charge in [0.05, 0.1) is 0 Å². The topological polar surface area (TPSA) is 26.3 Å². The van der Waals surface area contributed by atoms with Crippen molar-refractivity contribution >= 4 is 5.97 Å². The zero-order valence-electron chi connectivity index (χ0n) is 15.8. The summed E-state index contributed by atoms with van der Waals surface area (Å²) in [6, 6.07) is 0. The van der Waals surface area contributed by atoms with Crippen LogP contribution in [0.2, 0.25) is 0 Å². The van der Waals surface area contributed by atoms with Crippen LogP contribution in [0.25, 0.3) is 0 Å². The van der Waals surface area contributed by atoms with Crippen LogP contribution in [0.1, 0.15) is 73.6 Å². The van der Waals surface area contributed by atoms with Crippen LogP contribution in [-0.2, 0) is 9.53 Å². The van der Waals surface area contributed by atoms with E-state index in [4.69, 9.17) is 4.74 Å². The van der Waals surface area contributed by atoms with E-state index in [9.17, 15) is 4.79 Å². The van der Waals surface area contributed by atoms with E-state index in [-0.39, 0.29) is 11.9 Å². The number of rotatable bonds is 0. The molecule has 0 saturated heterocycles. The van der Waals surface area contributed by atoms with Gasteiger partial charge < -0.3 is 4.74 Å². The van der Waals surface area contributed by atoms with Crippen LogP contribution in [-0.4, -0.2) is 11.6 Å². The van der Waals surface area contributed by atoms with Crippen LogP contribution in [0.4, 0.5) is 0 Å². The van der Waals surface area contributed by atoms with Gasteiger partial charge in [-0.3, -0.25) is 4.79 Å². The van der Waals surface area contributed by atoms with Gasteiger partial charge >= 0.3 is 5.97 Å². The van der Waals surface area contributed by atoms with Gasteiger partial charge in [0, 0.05) is 12.3 Å². The maximum atomic E-state index is 12.1. The number of hydrogen-bond donors (Lipinski definition) is 0. The van der Waals surface area contributed by atoms with E-state index in [2.05, 4.69) is 52.0 Å². The van der Waals surface area contributed by atoms with Crippen LogP contribution < -0.4 is 0 Å². The lowest BCUT2D eigenvalue weighted by Crippen LogP contribution is -2.34. The number of carbonyl (C=O) groups is 1. The molecule has 2 nitrogen and oxygen atoms in total. The second kappa shape index (κ2) is 9.10. The Labute approximate surface area is 142 Å². The van der Waals surface area contributed by atoms with E-state index >= 15 is 0 Å². The van der Waals surface area contributed by atoms with Crippen molar-refractivity contribution in [3.05, 3.63) is 35.5 Å². The van der Waals surface area contributed by atoms with E-state index in [0.29, 0.717) is 12.3 Å². The molecule has 0 bridgehead atoms. The van der Waals surface area contributed by atoms with Crippen molar-refractivity contribution in [3.8, 4) is 0 Å². The molecule has 1 rings (SSSR count). The second-order valence-electron chi connectivity index (χ2n) is 7.61. The molecule has 0 N–H and O–H groups in total. The Balaban J connectivity index is 2.89. The number of allylic oxidation sites excluding steroid dienone is 5. The van der Waals surface area contributed by atoms with E-state index < -0.39 is 5.60 Å². The molecule has 0 radical (unpaired) electrons. The molecule has 2 atom stereocenters. The molecule has 2 heteroatoms. The van der Waals surface area contributed by atoms with Gasteiger partial charge in [0.1, 0.15) is 5.60 Å². The summed E-state index contributed by atoms with van der Waals surface area (Å²) in [4.78, 5) is 12.1. The third-order valence-corrected chi connectivity index (χ3v) is 4.73. The summed E-state index contributed by atoms with van der Waals surface area (Å²) in [5, 5.41) is 0. The number of carbonyl (C=O) groups excluding carboxylic acids is 1.